The van der Waals surface area contributed by atoms with Crippen LogP contribution in [-0.4, -0.2) is 39.4 Å². The number of nitrogens with one attached hydrogen (secondary N) is 3. The van der Waals surface area contributed by atoms with Crippen molar-refractivity contribution in [1.82, 2.24) is 15.4 Å². The quantitative estimate of drug-likeness (QED) is 0.618. The zero-order valence-electron chi connectivity index (χ0n) is 15.1. The number of hydrogen-bond acceptors (Lipinski definition) is 4. The van der Waals surface area contributed by atoms with E-state index in [2.05, 4.69) is 15.4 Å². The highest BCUT2D eigenvalue weighted by Crippen LogP contribution is 2.16. The number of carbonyl (C=O) groups is 2. The second-order valence-electron chi connectivity index (χ2n) is 6.67. The molecule has 0 aromatic heterocycles. The second kappa shape index (κ2) is 9.68. The molecule has 1 fully saturated rings. The SMILES string of the molecule is Cc1ccc(S(=O)(=O)NCC(=O)NCC(=O)NC2CCCCCC2)cc1. The summed E-state index contributed by atoms with van der Waals surface area (Å²) in [6.45, 7) is 1.30. The minimum atomic E-state index is -3.75. The molecule has 1 aromatic carbocycles. The van der Waals surface area contributed by atoms with Crippen molar-refractivity contribution in [2.75, 3.05) is 13.1 Å². The number of benzene rings is 1. The Kier molecular flexibility index (Phi) is 7.59. The van der Waals surface area contributed by atoms with Crippen molar-refractivity contribution in [1.29, 1.82) is 0 Å². The van der Waals surface area contributed by atoms with E-state index in [1.807, 2.05) is 6.92 Å². The van der Waals surface area contributed by atoms with E-state index in [0.29, 0.717) is 0 Å². The number of amides is 2. The van der Waals surface area contributed by atoms with Gasteiger partial charge in [0.1, 0.15) is 0 Å². The fraction of sp³-hybridized carbons (Fsp3) is 0.556. The number of carbonyl (C=O) groups excluding carboxylic acids is 2. The van der Waals surface area contributed by atoms with Crippen molar-refractivity contribution in [2.24, 2.45) is 0 Å². The smallest absolute Gasteiger partial charge is 0.241 e. The van der Waals surface area contributed by atoms with Crippen molar-refractivity contribution in [3.8, 4) is 0 Å². The van der Waals surface area contributed by atoms with Gasteiger partial charge in [0.25, 0.3) is 0 Å². The minimum absolute atomic E-state index is 0.0991. The fourth-order valence-electron chi connectivity index (χ4n) is 2.91. The van der Waals surface area contributed by atoms with Gasteiger partial charge in [-0.05, 0) is 31.9 Å². The molecule has 2 amide bonds. The molecule has 0 saturated heterocycles. The highest BCUT2D eigenvalue weighted by molar-refractivity contribution is 7.89. The molecule has 144 valence electrons. The van der Waals surface area contributed by atoms with Crippen LogP contribution >= 0.6 is 0 Å². The molecule has 3 N–H and O–H groups in total. The summed E-state index contributed by atoms with van der Waals surface area (Å²) in [4.78, 5) is 23.8. The summed E-state index contributed by atoms with van der Waals surface area (Å²) in [7, 11) is -3.75. The van der Waals surface area contributed by atoms with E-state index in [1.165, 1.54) is 25.0 Å². The van der Waals surface area contributed by atoms with E-state index in [1.54, 1.807) is 12.1 Å². The molecule has 0 atom stereocenters. The number of hydrogen-bond donors (Lipinski definition) is 3. The Morgan fingerprint density at radius 2 is 1.58 bits per heavy atom. The molecule has 1 aromatic rings. The molecule has 0 heterocycles. The van der Waals surface area contributed by atoms with Gasteiger partial charge in [0, 0.05) is 6.04 Å². The molecule has 0 spiro atoms. The lowest BCUT2D eigenvalue weighted by atomic mass is 10.1. The van der Waals surface area contributed by atoms with E-state index in [0.717, 1.165) is 31.2 Å². The van der Waals surface area contributed by atoms with Crippen LogP contribution in [0.4, 0.5) is 0 Å². The molecule has 8 heteroatoms. The van der Waals surface area contributed by atoms with Crippen LogP contribution in [0, 0.1) is 6.92 Å². The number of rotatable bonds is 7. The van der Waals surface area contributed by atoms with Crippen molar-refractivity contribution >= 4 is 21.8 Å². The first-order valence-corrected chi connectivity index (χ1v) is 10.5. The Labute approximate surface area is 155 Å². The van der Waals surface area contributed by atoms with Crippen LogP contribution in [-0.2, 0) is 19.6 Å². The minimum Gasteiger partial charge on any atom is -0.352 e. The summed E-state index contributed by atoms with van der Waals surface area (Å²) in [6, 6.07) is 6.51. The van der Waals surface area contributed by atoms with Gasteiger partial charge in [0.2, 0.25) is 21.8 Å². The predicted molar refractivity (Wildman–Crippen MR) is 99.0 cm³/mol. The van der Waals surface area contributed by atoms with Gasteiger partial charge in [-0.3, -0.25) is 9.59 Å². The zero-order chi connectivity index (χ0) is 19.0. The summed E-state index contributed by atoms with van der Waals surface area (Å²) in [6.07, 6.45) is 6.55. The van der Waals surface area contributed by atoms with Gasteiger partial charge in [0.15, 0.2) is 0 Å². The molecular weight excluding hydrogens is 354 g/mol. The molecule has 26 heavy (non-hydrogen) atoms. The molecule has 1 aliphatic carbocycles. The second-order valence-corrected chi connectivity index (χ2v) is 8.44. The Hall–Kier alpha value is -1.93. The molecule has 1 aliphatic rings. The Morgan fingerprint density at radius 3 is 2.19 bits per heavy atom. The molecule has 1 saturated carbocycles. The third kappa shape index (κ3) is 6.76. The van der Waals surface area contributed by atoms with Crippen LogP contribution < -0.4 is 15.4 Å². The zero-order valence-corrected chi connectivity index (χ0v) is 15.9. The van der Waals surface area contributed by atoms with Crippen LogP contribution in [0.15, 0.2) is 29.2 Å². The van der Waals surface area contributed by atoms with Gasteiger partial charge < -0.3 is 10.6 Å². The number of aryl methyl sites for hydroxylation is 1. The highest BCUT2D eigenvalue weighted by Gasteiger charge is 2.17. The maximum absolute atomic E-state index is 12.1. The predicted octanol–water partition coefficient (Wildman–Crippen LogP) is 1.23. The lowest BCUT2D eigenvalue weighted by Gasteiger charge is -2.16. The van der Waals surface area contributed by atoms with Crippen molar-refractivity contribution in [2.45, 2.75) is 56.4 Å². The fourth-order valence-corrected chi connectivity index (χ4v) is 3.89. The monoisotopic (exact) mass is 381 g/mol. The van der Waals surface area contributed by atoms with E-state index in [9.17, 15) is 18.0 Å². The topological polar surface area (TPSA) is 104 Å². The standard InChI is InChI=1S/C18H27N3O4S/c1-14-8-10-16(11-9-14)26(24,25)20-13-17(22)19-12-18(23)21-15-6-4-2-3-5-7-15/h8-11,15,20H,2-7,12-13H2,1H3,(H,19,22)(H,21,23). The van der Waals surface area contributed by atoms with Crippen molar-refractivity contribution in [3.05, 3.63) is 29.8 Å². The van der Waals surface area contributed by atoms with E-state index in [-0.39, 0.29) is 23.4 Å². The molecule has 0 bridgehead atoms. The average Bonchev–Trinajstić information content (AvgIpc) is 2.87. The Bertz CT molecular complexity index is 708. The summed E-state index contributed by atoms with van der Waals surface area (Å²) in [5.74, 6) is -0.789. The van der Waals surface area contributed by atoms with Crippen LogP contribution in [0.1, 0.15) is 44.1 Å². The largest absolute Gasteiger partial charge is 0.352 e. The lowest BCUT2D eigenvalue weighted by Crippen LogP contribution is -2.44. The van der Waals surface area contributed by atoms with Crippen molar-refractivity contribution in [3.63, 3.8) is 0 Å². The van der Waals surface area contributed by atoms with Gasteiger partial charge >= 0.3 is 0 Å². The lowest BCUT2D eigenvalue weighted by molar-refractivity contribution is -0.125. The van der Waals surface area contributed by atoms with Gasteiger partial charge in [-0.15, -0.1) is 0 Å². The summed E-state index contributed by atoms with van der Waals surface area (Å²) in [5, 5.41) is 5.37. The third-order valence-electron chi connectivity index (χ3n) is 4.42. The first-order valence-electron chi connectivity index (χ1n) is 8.99. The van der Waals surface area contributed by atoms with E-state index >= 15 is 0 Å². The Morgan fingerprint density at radius 1 is 0.962 bits per heavy atom. The summed E-state index contributed by atoms with van der Waals surface area (Å²) >= 11 is 0. The van der Waals surface area contributed by atoms with E-state index in [4.69, 9.17) is 0 Å². The highest BCUT2D eigenvalue weighted by atomic mass is 32.2. The first kappa shape index (κ1) is 20.4. The van der Waals surface area contributed by atoms with Crippen molar-refractivity contribution < 1.29 is 18.0 Å². The van der Waals surface area contributed by atoms with Gasteiger partial charge in [0.05, 0.1) is 18.0 Å². The first-order chi connectivity index (χ1) is 12.4. The maximum Gasteiger partial charge on any atom is 0.241 e. The number of sulfonamides is 1. The Balaban J connectivity index is 1.72. The van der Waals surface area contributed by atoms with Gasteiger partial charge in [-0.25, -0.2) is 13.1 Å². The van der Waals surface area contributed by atoms with Crippen LogP contribution in [0.3, 0.4) is 0 Å². The maximum atomic E-state index is 12.1. The van der Waals surface area contributed by atoms with Crippen LogP contribution in [0.5, 0.6) is 0 Å². The average molecular weight is 381 g/mol. The van der Waals surface area contributed by atoms with Crippen LogP contribution in [0.25, 0.3) is 0 Å². The van der Waals surface area contributed by atoms with E-state index < -0.39 is 22.5 Å². The molecule has 0 aliphatic heterocycles. The summed E-state index contributed by atoms with van der Waals surface area (Å²) < 4.78 is 26.5. The molecule has 2 rings (SSSR count). The normalized spacial score (nSPS) is 15.9. The van der Waals surface area contributed by atoms with Gasteiger partial charge in [-0.2, -0.15) is 0 Å². The summed E-state index contributed by atoms with van der Waals surface area (Å²) in [5.41, 5.74) is 0.946. The molecule has 0 unspecified atom stereocenters. The molecule has 0 radical (unpaired) electrons. The van der Waals surface area contributed by atoms with Gasteiger partial charge in [-0.1, -0.05) is 43.4 Å². The third-order valence-corrected chi connectivity index (χ3v) is 5.84. The molecule has 7 nitrogen and oxygen atoms in total. The van der Waals surface area contributed by atoms with Crippen LogP contribution in [0.2, 0.25) is 0 Å². The molecular formula is C18H27N3O4S.